The number of imide groups is 2. The molecule has 8 rings (SSSR count). The highest BCUT2D eigenvalue weighted by atomic mass is 19.1. The van der Waals surface area contributed by atoms with E-state index >= 15 is 0 Å². The fourth-order valence-corrected chi connectivity index (χ4v) is 6.75. The summed E-state index contributed by atoms with van der Waals surface area (Å²) in [5.74, 6) is -3.84. The number of urea groups is 2. The molecule has 0 aliphatic carbocycles. The molecule has 2 fully saturated rings. The van der Waals surface area contributed by atoms with Crippen molar-refractivity contribution in [2.24, 2.45) is 0 Å². The maximum atomic E-state index is 13.1. The second kappa shape index (κ2) is 17.6. The smallest absolute Gasteiger partial charge is 0.324 e. The second-order valence-corrected chi connectivity index (χ2v) is 14.1. The van der Waals surface area contributed by atoms with Gasteiger partial charge in [0.05, 0.1) is 36.3 Å². The minimum atomic E-state index is -0.785. The minimum Gasteiger partial charge on any atom is -0.504 e. The van der Waals surface area contributed by atoms with Gasteiger partial charge in [0.15, 0.2) is 22.9 Å². The van der Waals surface area contributed by atoms with Crippen LogP contribution in [-0.2, 0) is 22.7 Å². The Morgan fingerprint density at radius 2 is 1.19 bits per heavy atom. The third-order valence-corrected chi connectivity index (χ3v) is 10.1. The number of carbonyl (C=O) groups excluding carboxylic acids is 6. The van der Waals surface area contributed by atoms with Crippen LogP contribution in [0.5, 0.6) is 11.5 Å². The molecule has 20 heteroatoms. The number of carbonyl (C=O) groups is 6. The van der Waals surface area contributed by atoms with E-state index in [1.807, 2.05) is 0 Å². The number of aromatic hydroxyl groups is 2. The Morgan fingerprint density at radius 3 is 1.69 bits per heavy atom. The molecule has 2 saturated heterocycles. The molecule has 6 N–H and O–H groups in total. The zero-order chi connectivity index (χ0) is 44.2. The number of pyridine rings is 4. The summed E-state index contributed by atoms with van der Waals surface area (Å²) in [5, 5.41) is 32.3. The maximum absolute atomic E-state index is 13.1. The van der Waals surface area contributed by atoms with Crippen LogP contribution in [0.1, 0.15) is 68.4 Å². The summed E-state index contributed by atoms with van der Waals surface area (Å²) in [6.45, 7) is 0.166. The van der Waals surface area contributed by atoms with E-state index in [9.17, 15) is 47.8 Å². The quantitative estimate of drug-likeness (QED) is 0.127. The van der Waals surface area contributed by atoms with Crippen LogP contribution in [0.4, 0.5) is 18.4 Å². The van der Waals surface area contributed by atoms with E-state index in [4.69, 9.17) is 0 Å². The summed E-state index contributed by atoms with van der Waals surface area (Å²) >= 11 is 0. The van der Waals surface area contributed by atoms with Crippen LogP contribution in [0.15, 0.2) is 85.2 Å². The van der Waals surface area contributed by atoms with Crippen LogP contribution in [0.25, 0.3) is 21.8 Å². The van der Waals surface area contributed by atoms with Gasteiger partial charge in [0.25, 0.3) is 11.8 Å². The Morgan fingerprint density at radius 1 is 0.710 bits per heavy atom. The number of fused-ring (bicyclic) bond motifs is 2. The topological polar surface area (TPSA) is 249 Å². The monoisotopic (exact) mass is 846 g/mol. The third kappa shape index (κ3) is 8.74. The molecule has 2 aromatic carbocycles. The van der Waals surface area contributed by atoms with E-state index in [1.54, 1.807) is 24.3 Å². The summed E-state index contributed by atoms with van der Waals surface area (Å²) in [7, 11) is 2.88. The first kappa shape index (κ1) is 42.0. The summed E-state index contributed by atoms with van der Waals surface area (Å²) in [4.78, 5) is 93.1. The predicted octanol–water partition coefficient (Wildman–Crippen LogP) is 4.03. The molecule has 0 bridgehead atoms. The van der Waals surface area contributed by atoms with Crippen molar-refractivity contribution >= 4 is 57.5 Å². The first-order valence-corrected chi connectivity index (χ1v) is 18.8. The van der Waals surface area contributed by atoms with Crippen LogP contribution >= 0.6 is 0 Å². The molecule has 2 atom stereocenters. The molecule has 0 spiro atoms. The number of hydrogen-bond acceptors (Lipinski definition) is 12. The molecule has 2 aliphatic rings. The van der Waals surface area contributed by atoms with E-state index < -0.39 is 70.9 Å². The number of rotatable bonds is 8. The van der Waals surface area contributed by atoms with E-state index in [2.05, 4.69) is 41.2 Å². The average Bonchev–Trinajstić information content (AvgIpc) is 3.27. The van der Waals surface area contributed by atoms with Crippen molar-refractivity contribution in [1.29, 1.82) is 0 Å². The Bertz CT molecular complexity index is 2750. The molecule has 8 amide bonds. The lowest BCUT2D eigenvalue weighted by Gasteiger charge is -2.32. The first-order chi connectivity index (χ1) is 29.7. The Kier molecular flexibility index (Phi) is 11.9. The number of halogens is 2. The molecule has 316 valence electrons. The van der Waals surface area contributed by atoms with Gasteiger partial charge in [0.2, 0.25) is 11.8 Å². The molecule has 6 heterocycles. The Balaban J connectivity index is 0.000000186. The zero-order valence-corrected chi connectivity index (χ0v) is 32.8. The number of aromatic nitrogens is 4. The van der Waals surface area contributed by atoms with Crippen LogP contribution in [0.3, 0.4) is 0 Å². The third-order valence-electron chi connectivity index (χ3n) is 10.1. The molecule has 4 aromatic heterocycles. The van der Waals surface area contributed by atoms with Gasteiger partial charge in [-0.3, -0.25) is 39.4 Å². The van der Waals surface area contributed by atoms with E-state index in [1.165, 1.54) is 79.9 Å². The molecule has 18 nitrogen and oxygen atoms in total. The largest absolute Gasteiger partial charge is 0.504 e. The maximum Gasteiger partial charge on any atom is 0.324 e. The van der Waals surface area contributed by atoms with Gasteiger partial charge in [-0.2, -0.15) is 0 Å². The van der Waals surface area contributed by atoms with Gasteiger partial charge in [-0.05, 0) is 59.7 Å². The van der Waals surface area contributed by atoms with Crippen molar-refractivity contribution in [3.8, 4) is 11.5 Å². The summed E-state index contributed by atoms with van der Waals surface area (Å²) in [6, 6.07) is 15.0. The van der Waals surface area contributed by atoms with Gasteiger partial charge < -0.3 is 31.1 Å². The first-order valence-electron chi connectivity index (χ1n) is 18.8. The van der Waals surface area contributed by atoms with Gasteiger partial charge in [0.1, 0.15) is 22.7 Å². The molecular weight excluding hydrogens is 811 g/mol. The van der Waals surface area contributed by atoms with Crippen molar-refractivity contribution in [1.82, 2.24) is 51.0 Å². The van der Waals surface area contributed by atoms with Crippen molar-refractivity contribution < 1.29 is 47.8 Å². The second-order valence-electron chi connectivity index (χ2n) is 14.1. The van der Waals surface area contributed by atoms with E-state index in [0.29, 0.717) is 21.9 Å². The van der Waals surface area contributed by atoms with Gasteiger partial charge in [-0.25, -0.2) is 28.3 Å². The van der Waals surface area contributed by atoms with Crippen molar-refractivity contribution in [3.63, 3.8) is 0 Å². The highest BCUT2D eigenvalue weighted by Crippen LogP contribution is 2.36. The lowest BCUT2D eigenvalue weighted by atomic mass is 10.0. The number of nitrogens with zero attached hydrogens (tertiary/aromatic N) is 6. The Hall–Kier alpha value is -8.16. The van der Waals surface area contributed by atoms with Gasteiger partial charge in [0, 0.05) is 50.4 Å². The highest BCUT2D eigenvalue weighted by Gasteiger charge is 2.36. The number of nitrogens with one attached hydrogen (secondary N) is 4. The fraction of sp³-hybridized carbons (Fsp3) is 0.190. The lowest BCUT2D eigenvalue weighted by Crippen LogP contribution is -2.49. The molecule has 2 aliphatic heterocycles. The summed E-state index contributed by atoms with van der Waals surface area (Å²) in [6.07, 6.45) is 2.79. The molecule has 0 radical (unpaired) electrons. The van der Waals surface area contributed by atoms with Gasteiger partial charge in [-0.1, -0.05) is 24.3 Å². The summed E-state index contributed by atoms with van der Waals surface area (Å²) in [5.41, 5.74) is 1.52. The van der Waals surface area contributed by atoms with Crippen molar-refractivity contribution in [2.75, 3.05) is 14.1 Å². The highest BCUT2D eigenvalue weighted by molar-refractivity contribution is 6.04. The van der Waals surface area contributed by atoms with Crippen molar-refractivity contribution in [2.45, 2.75) is 38.0 Å². The number of benzene rings is 2. The van der Waals surface area contributed by atoms with Crippen LogP contribution in [0.2, 0.25) is 0 Å². The van der Waals surface area contributed by atoms with E-state index in [-0.39, 0.29) is 59.7 Å². The van der Waals surface area contributed by atoms with Crippen molar-refractivity contribution in [3.05, 3.63) is 131 Å². The molecule has 2 unspecified atom stereocenters. The fourth-order valence-electron chi connectivity index (χ4n) is 6.75. The molecule has 6 aromatic rings. The number of amides is 8. The van der Waals surface area contributed by atoms with Gasteiger partial charge in [-0.15, -0.1) is 0 Å². The predicted molar refractivity (Wildman–Crippen MR) is 215 cm³/mol. The van der Waals surface area contributed by atoms with Crippen LogP contribution in [0, 0.1) is 11.6 Å². The normalized spacial score (nSPS) is 16.3. The van der Waals surface area contributed by atoms with Crippen LogP contribution < -0.4 is 21.3 Å². The SMILES string of the molecule is CN1C(=O)CC(c2nc(C(=O)NCc3ccc(F)cc3)c(O)c3ncccc23)NC1=O.CN1C(=O)NC(=O)CC1c1nc(C(=O)NCc2ccc(F)cc2)c(O)c2ncccc12. The lowest BCUT2D eigenvalue weighted by molar-refractivity contribution is -0.129. The zero-order valence-electron chi connectivity index (χ0n) is 32.8. The molecule has 0 saturated carbocycles. The average molecular weight is 847 g/mol. The Labute approximate surface area is 350 Å². The number of hydrogen-bond donors (Lipinski definition) is 6. The van der Waals surface area contributed by atoms with E-state index in [0.717, 1.165) is 4.90 Å². The van der Waals surface area contributed by atoms with Gasteiger partial charge >= 0.3 is 12.1 Å². The molecule has 62 heavy (non-hydrogen) atoms. The minimum absolute atomic E-state index is 0.0549. The standard InChI is InChI=1S/2C21H18FN5O4/c1-27-14(9-15(28)25-21(27)31)16-13-3-2-8-23-17(13)19(29)18(26-16)20(30)24-10-11-4-6-12(22)7-5-11;1-27-15(28)9-14(25-21(27)31)16-13-3-2-8-23-17(13)19(29)18(26-16)20(30)24-10-11-4-6-12(22)7-5-11/h2-8,14,29H,9-10H2,1H3,(H,24,30)(H,25,28,31);2-8,14,29H,9-10H2,1H3,(H,24,30)(H,25,31). The molecular formula is C42H36F2N10O8. The van der Waals surface area contributed by atoms with Crippen LogP contribution in [-0.4, -0.2) is 89.7 Å². The summed E-state index contributed by atoms with van der Waals surface area (Å²) < 4.78 is 26.1.